The van der Waals surface area contributed by atoms with E-state index in [-0.39, 0.29) is 167 Å². The van der Waals surface area contributed by atoms with Gasteiger partial charge in [-0.25, -0.2) is 35.2 Å². The van der Waals surface area contributed by atoms with E-state index in [2.05, 4.69) is 20.8 Å². The van der Waals surface area contributed by atoms with Crippen molar-refractivity contribution in [3.63, 3.8) is 0 Å². The number of phenolic OH excluding ortho intramolecular Hbond substituents is 6. The fourth-order valence-electron chi connectivity index (χ4n) is 11.7. The molecule has 3 aliphatic rings. The second kappa shape index (κ2) is 73.2. The van der Waals surface area contributed by atoms with Crippen LogP contribution in [-0.4, -0.2) is 356 Å². The first-order valence-electron chi connectivity index (χ1n) is 41.6. The topological polar surface area (TPSA) is 500 Å². The number of ether oxygens (including phenoxy) is 6. The smallest absolute Gasteiger partial charge is 0.387 e. The highest BCUT2D eigenvalue weighted by Crippen LogP contribution is 2.60. The highest BCUT2D eigenvalue weighted by atomic mass is 32.2. The van der Waals surface area contributed by atoms with Crippen molar-refractivity contribution in [2.24, 2.45) is 0 Å². The minimum absolute atomic E-state index is 0.000567. The molecule has 0 spiro atoms. The first-order valence-corrected chi connectivity index (χ1v) is 46.5. The van der Waals surface area contributed by atoms with Crippen LogP contribution in [0.2, 0.25) is 0 Å². The van der Waals surface area contributed by atoms with Gasteiger partial charge in [0.2, 0.25) is 0 Å². The third kappa shape index (κ3) is 50.0. The van der Waals surface area contributed by atoms with Gasteiger partial charge in [-0.3, -0.25) is 27.2 Å². The van der Waals surface area contributed by atoms with E-state index >= 15 is 0 Å². The summed E-state index contributed by atoms with van der Waals surface area (Å²) >= 11 is 7.25. The van der Waals surface area contributed by atoms with Crippen LogP contribution in [0.25, 0.3) is 19.1 Å². The molecule has 0 bridgehead atoms. The molecule has 0 atom stereocenters. The number of aliphatic hydroxyl groups excluding tert-OH is 2. The number of aliphatic hydroxyl groups is 2. The monoisotopic (exact) mass is 1980 g/mol. The van der Waals surface area contributed by atoms with Gasteiger partial charge in [-0.2, -0.15) is 15.8 Å². The van der Waals surface area contributed by atoms with Crippen LogP contribution in [0.15, 0.2) is 113 Å². The SMILES string of the molecule is C=CC(=O)OCCCCCCOc1ccc(C(=O)O)cc1.CC(=O)[O-].N#CCC(=O)O.OCCCCCCO.Oc1ccc(O)c2sc(=[N+]3CCCC3)sc12.[B]B([B])B(B([B])[B])B(B(B([B])[B])B([B])[BH3-])B(B([B])[B])B(B([BH3-])[BH3-])B([BH3-])[BH3-].[C-]#[N+]C(C(=O)OCCCCCCOC(=O)C(C#N)=C1Sc2c(O)ccc(O)c2S1)=C1Sc2c(O)ccc(O)c2S1.[C-]#[N+]CC(=O)OCCCCCCOC(=O)CC#N. The van der Waals surface area contributed by atoms with E-state index in [0.29, 0.717) is 92.3 Å². The van der Waals surface area contributed by atoms with Crippen LogP contribution in [0.3, 0.4) is 0 Å². The van der Waals surface area contributed by atoms with Gasteiger partial charge in [-0.1, -0.05) is 96.9 Å². The number of unbranched alkanes of at least 4 members (excludes halogenated alkanes) is 12. The van der Waals surface area contributed by atoms with E-state index in [9.17, 15) is 69.5 Å². The first-order chi connectivity index (χ1) is 66.0. The van der Waals surface area contributed by atoms with Gasteiger partial charge in [0.25, 0.3) is 5.70 Å². The van der Waals surface area contributed by atoms with Crippen molar-refractivity contribution in [1.82, 2.24) is 4.58 Å². The number of rotatable bonds is 45. The lowest BCUT2D eigenvalue weighted by atomic mass is 8.34. The zero-order chi connectivity index (χ0) is 105. The van der Waals surface area contributed by atoms with Crippen LogP contribution in [0.5, 0.6) is 40.2 Å². The number of carbonyl (C=O) groups excluding carboxylic acids is 6. The predicted octanol–water partition coefficient (Wildman–Crippen LogP) is -2.11. The van der Waals surface area contributed by atoms with Gasteiger partial charge in [0.15, 0.2) is 5.57 Å². The van der Waals surface area contributed by atoms with Crippen LogP contribution in [-0.2, 0) is 57.2 Å². The van der Waals surface area contributed by atoms with Gasteiger partial charge in [0.1, 0.15) is 72.2 Å². The number of benzene rings is 4. The van der Waals surface area contributed by atoms with Crippen molar-refractivity contribution >= 4 is 312 Å². The Labute approximate surface area is 859 Å². The summed E-state index contributed by atoms with van der Waals surface area (Å²) in [5, 5.41) is 127. The number of nitrogens with zero attached hydrogens (tertiary/aromatic N) is 6. The lowest BCUT2D eigenvalue weighted by Crippen LogP contribution is -2.86. The second-order valence-electron chi connectivity index (χ2n) is 28.5. The van der Waals surface area contributed by atoms with Gasteiger partial charge in [0, 0.05) is 38.1 Å². The van der Waals surface area contributed by atoms with Crippen molar-refractivity contribution in [3.05, 3.63) is 125 Å². The Morgan fingerprint density at radius 3 is 1.22 bits per heavy atom. The third-order valence-electron chi connectivity index (χ3n) is 18.1. The summed E-state index contributed by atoms with van der Waals surface area (Å²) in [6, 6.07) is 19.8. The number of carbonyl (C=O) groups is 8. The number of esters is 5. The standard InChI is InChI=1S/C26H20N2O8S4.C16H20O5.C12H16N2O4.C11H11NO2S2.C6H14O2.C3H3NO2.C2H4O2.B26H15/c1-28-18(26-39-21-16(31)8-9-17(32)22(21)40-26)24(34)36-11-5-3-2-4-10-35-23(33)13(12-27)25-37-19-14(29)6-7-15(30)20(19)38-25;1-2-15(17)21-12-6-4-3-5-11-20-14-9-7-13(8-10-14)16(18)19;1-14-10-12(16)18-9-5-3-2-4-8-17-11(15)6-7-13;13-7-3-4-8(14)10-9(7)15-11(16-10)12-5-1-2-6-12;7-5-3-1-2-4-6-8;4-2-1-3(5)6;1-2(3)4;1-15(2)22(16(3)4)25(21(13)14)26(23(17(5)6)18(7)8)24(19(9)10)20(11)12/h6-9,29-32H,2-5,10-11H2;2,7-10H,1,3-6,11-12H2,(H,18,19);2-6,8-10H2;3-4H,1-2,5-6H2,(H-,13,14);7-8H,1-6H2;1H2,(H,5,6);1H3,(H,3,4);1-5H3/q;;;;;;;-5. The molecule has 5 aromatic rings. The number of aromatic carboxylic acids is 1. The third-order valence-corrected chi connectivity index (χ3v) is 26.1. The number of phenols is 6. The number of aliphatic carboxylic acids is 2. The van der Waals surface area contributed by atoms with Crippen molar-refractivity contribution < 1.29 is 123 Å². The largest absolute Gasteiger partial charge is 0.550 e. The predicted molar refractivity (Wildman–Crippen MR) is 589 cm³/mol. The van der Waals surface area contributed by atoms with Gasteiger partial charge in [-0.05, 0) is 278 Å². The average Bonchev–Trinajstić information content (AvgIpc) is 1.51. The van der Waals surface area contributed by atoms with Gasteiger partial charge >= 0.3 is 52.3 Å². The zero-order valence-corrected chi connectivity index (χ0v) is 78.7. The molecule has 1 aromatic heterocycles. The van der Waals surface area contributed by atoms with Crippen LogP contribution in [0.1, 0.15) is 146 Å². The van der Waals surface area contributed by atoms with E-state index in [1.54, 1.807) is 53.0 Å². The number of hydrogen-bond acceptors (Lipinski definition) is 32. The van der Waals surface area contributed by atoms with Gasteiger partial charge < -0.3 is 94.2 Å². The van der Waals surface area contributed by atoms with Crippen LogP contribution < -0.4 is 18.4 Å². The van der Waals surface area contributed by atoms with E-state index in [0.717, 1.165) is 172 Å². The van der Waals surface area contributed by atoms with Crippen molar-refractivity contribution in [2.75, 3.05) is 72.5 Å². The number of carboxylic acid groups (broad SMARTS) is 3. The van der Waals surface area contributed by atoms with Crippen LogP contribution >= 0.6 is 69.7 Å². The maximum atomic E-state index is 12.4. The average molecular weight is 1970 g/mol. The van der Waals surface area contributed by atoms with Crippen molar-refractivity contribution in [3.8, 4) is 58.5 Å². The van der Waals surface area contributed by atoms with E-state index in [1.165, 1.54) is 59.3 Å². The lowest BCUT2D eigenvalue weighted by Gasteiger charge is -2.53. The summed E-state index contributed by atoms with van der Waals surface area (Å²) in [6.45, 7) is 22.4. The number of nitriles is 3. The normalized spacial score (nSPS) is 11.1. The number of hydrogen-bond donors (Lipinski definition) is 10. The summed E-state index contributed by atoms with van der Waals surface area (Å²) in [5.74, 6) is -5.06. The zero-order valence-electron chi connectivity index (χ0n) is 73.8. The molecule has 0 amide bonds. The van der Waals surface area contributed by atoms with E-state index < -0.39 is 73.7 Å². The number of fused-ring (bicyclic) bond motifs is 3. The summed E-state index contributed by atoms with van der Waals surface area (Å²) < 4.78 is 36.1. The first kappa shape index (κ1) is 128. The number of aromatic hydroxyl groups is 6. The Hall–Kier alpha value is -8.97. The van der Waals surface area contributed by atoms with E-state index in [4.69, 9.17) is 152 Å². The summed E-state index contributed by atoms with van der Waals surface area (Å²) in [4.78, 5) is 93.9. The molecule has 63 heteroatoms. The summed E-state index contributed by atoms with van der Waals surface area (Å²) in [6.07, 6.45) is 15.8. The molecule has 4 heterocycles. The molecule has 0 aliphatic carbocycles. The molecule has 3 aliphatic heterocycles. The minimum Gasteiger partial charge on any atom is -0.550 e. The van der Waals surface area contributed by atoms with Crippen molar-refractivity contribution in [1.29, 1.82) is 15.8 Å². The molecule has 8 rings (SSSR count). The van der Waals surface area contributed by atoms with Crippen LogP contribution in [0, 0.1) is 47.1 Å². The summed E-state index contributed by atoms with van der Waals surface area (Å²) in [5.41, 5.74) is -0.170. The molecule has 706 valence electrons. The fourth-order valence-corrected chi connectivity index (χ4v) is 19.3. The molecule has 10 N–H and O–H groups in total. The number of carboxylic acids is 3. The Bertz CT molecular complexity index is 4790. The second-order valence-corrected chi connectivity index (χ2v) is 35.4. The van der Waals surface area contributed by atoms with E-state index in [1.807, 2.05) is 6.07 Å². The Morgan fingerprint density at radius 2 is 0.871 bits per heavy atom. The molecule has 18 radical (unpaired) electrons. The highest BCUT2D eigenvalue weighted by molar-refractivity contribution is 8.26. The maximum Gasteiger partial charge on any atom is 0.387 e. The fraction of sp³-hybridized carbons (Fsp3) is 0.421. The Balaban J connectivity index is 0.000000857. The van der Waals surface area contributed by atoms with Gasteiger partial charge in [-0.15, -0.1) is 43.7 Å². The highest BCUT2D eigenvalue weighted by Gasteiger charge is 2.47. The van der Waals surface area contributed by atoms with Crippen LogP contribution in [0.4, 0.5) is 0 Å². The Morgan fingerprint density at radius 1 is 0.496 bits per heavy atom. The molecule has 31 nitrogen and oxygen atoms in total. The Kier molecular flexibility index (Phi) is 67.4. The molecular weight excluding hydrogens is 1870 g/mol. The molecule has 1 saturated heterocycles. The maximum absolute atomic E-state index is 12.4. The number of thioether (sulfide) groups is 4. The molecular formula is C76H103B26N6O25S6-5. The van der Waals surface area contributed by atoms with Gasteiger partial charge in [0.05, 0.1) is 101 Å². The van der Waals surface area contributed by atoms with Crippen molar-refractivity contribution in [2.45, 2.75) is 155 Å². The minimum atomic E-state index is -1.08. The molecule has 1 fully saturated rings. The lowest BCUT2D eigenvalue weighted by molar-refractivity contribution is -0.302. The molecule has 139 heavy (non-hydrogen) atoms. The molecule has 0 unspecified atom stereocenters. The molecule has 0 saturated carbocycles. The molecule has 4 aromatic carbocycles. The quantitative estimate of drug-likeness (QED) is 0.00229. The summed E-state index contributed by atoms with van der Waals surface area (Å²) in [7, 11) is 57.3.